The minimum Gasteiger partial charge on any atom is -0.368 e. The normalized spacial score (nSPS) is 9.56. The molecule has 0 saturated carbocycles. The second-order valence-electron chi connectivity index (χ2n) is 1.93. The van der Waals surface area contributed by atoms with Gasteiger partial charge in [0.1, 0.15) is 0 Å². The largest absolute Gasteiger partial charge is 0.368 e. The quantitative estimate of drug-likeness (QED) is 0.328. The van der Waals surface area contributed by atoms with Crippen LogP contribution >= 0.6 is 0 Å². The molecule has 0 bridgehead atoms. The van der Waals surface area contributed by atoms with E-state index in [1.807, 2.05) is 0 Å². The molecule has 0 rings (SSSR count). The molecule has 0 aromatic carbocycles. The van der Waals surface area contributed by atoms with E-state index in [4.69, 9.17) is 16.6 Å². The molecule has 0 aliphatic carbocycles. The number of unbranched alkanes of at least 4 members (excludes halogenated alkanes) is 2. The molecule has 52 valence electrons. The van der Waals surface area contributed by atoms with Crippen LogP contribution in [0, 0.1) is 12.3 Å². The standard InChI is InChI=1S/C7H12O2/c1-2-3-4-5-6-7(8)9/h1,7-9H,3-6H2. The summed E-state index contributed by atoms with van der Waals surface area (Å²) in [4.78, 5) is 0. The minimum absolute atomic E-state index is 0.432. The van der Waals surface area contributed by atoms with Crippen LogP contribution in [0.15, 0.2) is 0 Å². The summed E-state index contributed by atoms with van der Waals surface area (Å²) >= 11 is 0. The summed E-state index contributed by atoms with van der Waals surface area (Å²) in [5, 5.41) is 16.7. The van der Waals surface area contributed by atoms with E-state index in [0.29, 0.717) is 6.42 Å². The molecule has 2 N–H and O–H groups in total. The fourth-order valence-electron chi connectivity index (χ4n) is 0.554. The molecule has 0 unspecified atom stereocenters. The van der Waals surface area contributed by atoms with Crippen molar-refractivity contribution in [3.63, 3.8) is 0 Å². The third-order valence-corrected chi connectivity index (χ3v) is 1.03. The molecule has 0 saturated heterocycles. The Bertz CT molecular complexity index is 91.6. The molecule has 0 aliphatic rings. The van der Waals surface area contributed by atoms with Gasteiger partial charge in [-0.3, -0.25) is 0 Å². The first-order valence-corrected chi connectivity index (χ1v) is 3.07. The summed E-state index contributed by atoms with van der Waals surface area (Å²) in [6, 6.07) is 0. The number of terminal acetylenes is 1. The molecule has 0 aromatic rings. The van der Waals surface area contributed by atoms with Crippen LogP contribution in [0.3, 0.4) is 0 Å². The van der Waals surface area contributed by atoms with Gasteiger partial charge in [0, 0.05) is 6.42 Å². The van der Waals surface area contributed by atoms with Crippen molar-refractivity contribution in [2.75, 3.05) is 0 Å². The van der Waals surface area contributed by atoms with Gasteiger partial charge in [0.25, 0.3) is 0 Å². The molecule has 2 heteroatoms. The maximum Gasteiger partial charge on any atom is 0.151 e. The number of hydrogen-bond acceptors (Lipinski definition) is 2. The summed E-state index contributed by atoms with van der Waals surface area (Å²) in [5.74, 6) is 2.48. The Labute approximate surface area is 55.5 Å². The zero-order valence-electron chi connectivity index (χ0n) is 5.38. The van der Waals surface area contributed by atoms with Crippen molar-refractivity contribution in [1.29, 1.82) is 0 Å². The zero-order chi connectivity index (χ0) is 7.11. The number of hydrogen-bond donors (Lipinski definition) is 2. The smallest absolute Gasteiger partial charge is 0.151 e. The fraction of sp³-hybridized carbons (Fsp3) is 0.714. The topological polar surface area (TPSA) is 40.5 Å². The van der Waals surface area contributed by atoms with Crippen LogP contribution in [0.25, 0.3) is 0 Å². The van der Waals surface area contributed by atoms with Gasteiger partial charge >= 0.3 is 0 Å². The van der Waals surface area contributed by atoms with Gasteiger partial charge in [0.05, 0.1) is 0 Å². The van der Waals surface area contributed by atoms with Crippen molar-refractivity contribution < 1.29 is 10.2 Å². The minimum atomic E-state index is -1.16. The van der Waals surface area contributed by atoms with Crippen molar-refractivity contribution in [3.8, 4) is 12.3 Å². The summed E-state index contributed by atoms with van der Waals surface area (Å²) in [7, 11) is 0. The highest BCUT2D eigenvalue weighted by Gasteiger charge is 1.94. The van der Waals surface area contributed by atoms with Crippen molar-refractivity contribution in [3.05, 3.63) is 0 Å². The molecule has 0 amide bonds. The molecule has 2 nitrogen and oxygen atoms in total. The highest BCUT2D eigenvalue weighted by molar-refractivity contribution is 4.82. The molecule has 0 heterocycles. The lowest BCUT2D eigenvalue weighted by molar-refractivity contribution is -0.0464. The molecule has 0 spiro atoms. The van der Waals surface area contributed by atoms with Crippen LogP contribution in [0.4, 0.5) is 0 Å². The van der Waals surface area contributed by atoms with Crippen LogP contribution in [0.2, 0.25) is 0 Å². The Morgan fingerprint density at radius 2 is 2.00 bits per heavy atom. The number of rotatable bonds is 4. The van der Waals surface area contributed by atoms with Gasteiger partial charge in [-0.1, -0.05) is 0 Å². The van der Waals surface area contributed by atoms with Crippen LogP contribution in [-0.4, -0.2) is 16.5 Å². The molecule has 0 aliphatic heterocycles. The summed E-state index contributed by atoms with van der Waals surface area (Å²) < 4.78 is 0. The van der Waals surface area contributed by atoms with Crippen LogP contribution in [0.5, 0.6) is 0 Å². The molecule has 0 fully saturated rings. The third-order valence-electron chi connectivity index (χ3n) is 1.03. The fourth-order valence-corrected chi connectivity index (χ4v) is 0.554. The number of aliphatic hydroxyl groups is 2. The van der Waals surface area contributed by atoms with Gasteiger partial charge in [-0.2, -0.15) is 0 Å². The average molecular weight is 128 g/mol. The van der Waals surface area contributed by atoms with E-state index >= 15 is 0 Å². The Hall–Kier alpha value is -0.520. The molecule has 9 heavy (non-hydrogen) atoms. The van der Waals surface area contributed by atoms with E-state index in [0.717, 1.165) is 19.3 Å². The Morgan fingerprint density at radius 1 is 1.33 bits per heavy atom. The first kappa shape index (κ1) is 8.48. The highest BCUT2D eigenvalue weighted by Crippen LogP contribution is 2.00. The summed E-state index contributed by atoms with van der Waals surface area (Å²) in [5.41, 5.74) is 0. The maximum absolute atomic E-state index is 8.36. The zero-order valence-corrected chi connectivity index (χ0v) is 5.38. The van der Waals surface area contributed by atoms with Crippen LogP contribution < -0.4 is 0 Å². The SMILES string of the molecule is C#CCCCCC(O)O. The third kappa shape index (κ3) is 7.48. The Morgan fingerprint density at radius 3 is 2.44 bits per heavy atom. The maximum atomic E-state index is 8.36. The van der Waals surface area contributed by atoms with Gasteiger partial charge in [-0.05, 0) is 19.3 Å². The van der Waals surface area contributed by atoms with E-state index in [-0.39, 0.29) is 0 Å². The Kier molecular flexibility index (Phi) is 5.29. The molecule has 0 aromatic heterocycles. The molecule has 0 atom stereocenters. The van der Waals surface area contributed by atoms with Crippen molar-refractivity contribution >= 4 is 0 Å². The van der Waals surface area contributed by atoms with E-state index in [9.17, 15) is 0 Å². The number of aliphatic hydroxyl groups excluding tert-OH is 1. The Balaban J connectivity index is 2.85. The molecular formula is C7H12O2. The van der Waals surface area contributed by atoms with Gasteiger partial charge in [-0.25, -0.2) is 0 Å². The first-order valence-electron chi connectivity index (χ1n) is 3.07. The predicted molar refractivity (Wildman–Crippen MR) is 35.5 cm³/mol. The van der Waals surface area contributed by atoms with E-state index in [1.54, 1.807) is 0 Å². The van der Waals surface area contributed by atoms with E-state index < -0.39 is 6.29 Å². The summed E-state index contributed by atoms with van der Waals surface area (Å²) in [6.45, 7) is 0. The second-order valence-corrected chi connectivity index (χ2v) is 1.93. The van der Waals surface area contributed by atoms with Crippen molar-refractivity contribution in [2.24, 2.45) is 0 Å². The van der Waals surface area contributed by atoms with Crippen LogP contribution in [0.1, 0.15) is 25.7 Å². The summed E-state index contributed by atoms with van der Waals surface area (Å²) in [6.07, 6.45) is 6.64. The van der Waals surface area contributed by atoms with Crippen LogP contribution in [-0.2, 0) is 0 Å². The van der Waals surface area contributed by atoms with Crippen molar-refractivity contribution in [2.45, 2.75) is 32.0 Å². The average Bonchev–Trinajstić information content (AvgIpc) is 1.80. The molecule has 0 radical (unpaired) electrons. The predicted octanol–water partition coefficient (Wildman–Crippen LogP) is 0.491. The van der Waals surface area contributed by atoms with E-state index in [2.05, 4.69) is 5.92 Å². The van der Waals surface area contributed by atoms with Gasteiger partial charge in [0.15, 0.2) is 6.29 Å². The second kappa shape index (κ2) is 5.61. The lowest BCUT2D eigenvalue weighted by Crippen LogP contribution is -2.02. The molecular weight excluding hydrogens is 116 g/mol. The first-order chi connectivity index (χ1) is 4.27. The highest BCUT2D eigenvalue weighted by atomic mass is 16.5. The van der Waals surface area contributed by atoms with Crippen molar-refractivity contribution in [1.82, 2.24) is 0 Å². The van der Waals surface area contributed by atoms with Gasteiger partial charge in [0.2, 0.25) is 0 Å². The van der Waals surface area contributed by atoms with E-state index in [1.165, 1.54) is 0 Å². The van der Waals surface area contributed by atoms with Gasteiger partial charge < -0.3 is 10.2 Å². The van der Waals surface area contributed by atoms with Gasteiger partial charge in [-0.15, -0.1) is 12.3 Å². The lowest BCUT2D eigenvalue weighted by Gasteiger charge is -1.99. The lowest BCUT2D eigenvalue weighted by atomic mass is 10.2. The monoisotopic (exact) mass is 128 g/mol.